The average molecular weight is 398 g/mol. The molecule has 0 radical (unpaired) electrons. The zero-order chi connectivity index (χ0) is 20.3. The SMILES string of the molecule is CSc1ccc(CN(C)C(=O)CN2C(=O)NC(C)(c3ccccc3)C2=O)cc1. The molecule has 1 unspecified atom stereocenters. The Kier molecular flexibility index (Phi) is 5.74. The summed E-state index contributed by atoms with van der Waals surface area (Å²) in [5, 5.41) is 2.72. The highest BCUT2D eigenvalue weighted by molar-refractivity contribution is 7.98. The van der Waals surface area contributed by atoms with Crippen molar-refractivity contribution in [3.05, 3.63) is 65.7 Å². The van der Waals surface area contributed by atoms with Crippen molar-refractivity contribution in [2.45, 2.75) is 23.9 Å². The molecule has 6 nitrogen and oxygen atoms in total. The van der Waals surface area contributed by atoms with Crippen molar-refractivity contribution >= 4 is 29.6 Å². The van der Waals surface area contributed by atoms with Gasteiger partial charge in [-0.1, -0.05) is 42.5 Å². The van der Waals surface area contributed by atoms with Crippen molar-refractivity contribution in [1.29, 1.82) is 0 Å². The fourth-order valence-corrected chi connectivity index (χ4v) is 3.56. The lowest BCUT2D eigenvalue weighted by Crippen LogP contribution is -2.43. The second-order valence-electron chi connectivity index (χ2n) is 6.91. The predicted molar refractivity (Wildman–Crippen MR) is 109 cm³/mol. The minimum atomic E-state index is -1.16. The molecule has 1 atom stereocenters. The van der Waals surface area contributed by atoms with Gasteiger partial charge >= 0.3 is 6.03 Å². The number of nitrogens with zero attached hydrogens (tertiary/aromatic N) is 2. The van der Waals surface area contributed by atoms with Crippen LogP contribution >= 0.6 is 11.8 Å². The summed E-state index contributed by atoms with van der Waals surface area (Å²) in [6, 6.07) is 16.4. The number of carbonyl (C=O) groups excluding carboxylic acids is 3. The molecule has 1 aliphatic heterocycles. The lowest BCUT2D eigenvalue weighted by atomic mass is 9.92. The van der Waals surface area contributed by atoms with Crippen molar-refractivity contribution in [1.82, 2.24) is 15.1 Å². The van der Waals surface area contributed by atoms with Gasteiger partial charge in [-0.3, -0.25) is 14.5 Å². The Labute approximate surface area is 168 Å². The maximum atomic E-state index is 12.9. The van der Waals surface area contributed by atoms with Gasteiger partial charge in [-0.25, -0.2) is 4.79 Å². The molecule has 1 aliphatic rings. The van der Waals surface area contributed by atoms with Crippen LogP contribution in [0.5, 0.6) is 0 Å². The second-order valence-corrected chi connectivity index (χ2v) is 7.79. The molecule has 1 heterocycles. The largest absolute Gasteiger partial charge is 0.340 e. The van der Waals surface area contributed by atoms with Crippen LogP contribution in [0.2, 0.25) is 0 Å². The molecule has 0 spiro atoms. The van der Waals surface area contributed by atoms with Gasteiger partial charge in [-0.2, -0.15) is 0 Å². The lowest BCUT2D eigenvalue weighted by Gasteiger charge is -2.23. The summed E-state index contributed by atoms with van der Waals surface area (Å²) in [4.78, 5) is 41.5. The van der Waals surface area contributed by atoms with Gasteiger partial charge in [0.05, 0.1) is 0 Å². The molecule has 2 aromatic rings. The van der Waals surface area contributed by atoms with Gasteiger partial charge in [0.25, 0.3) is 5.91 Å². The number of imide groups is 1. The first-order valence-corrected chi connectivity index (χ1v) is 10.1. The number of benzene rings is 2. The van der Waals surface area contributed by atoms with Gasteiger partial charge in [0.15, 0.2) is 0 Å². The van der Waals surface area contributed by atoms with Crippen molar-refractivity contribution in [2.24, 2.45) is 0 Å². The van der Waals surface area contributed by atoms with Crippen LogP contribution < -0.4 is 5.32 Å². The molecule has 0 bridgehead atoms. The third kappa shape index (κ3) is 3.89. The molecule has 1 saturated heterocycles. The van der Waals surface area contributed by atoms with E-state index in [1.165, 1.54) is 4.90 Å². The number of rotatable bonds is 6. The van der Waals surface area contributed by atoms with Crippen molar-refractivity contribution in [3.8, 4) is 0 Å². The summed E-state index contributed by atoms with van der Waals surface area (Å²) < 4.78 is 0. The van der Waals surface area contributed by atoms with Crippen LogP contribution in [0.1, 0.15) is 18.1 Å². The number of carbonyl (C=O) groups is 3. The monoisotopic (exact) mass is 397 g/mol. The Bertz CT molecular complexity index is 886. The highest BCUT2D eigenvalue weighted by Crippen LogP contribution is 2.28. The quantitative estimate of drug-likeness (QED) is 0.601. The van der Waals surface area contributed by atoms with E-state index < -0.39 is 17.5 Å². The Balaban J connectivity index is 1.67. The van der Waals surface area contributed by atoms with Gasteiger partial charge in [0, 0.05) is 18.5 Å². The summed E-state index contributed by atoms with van der Waals surface area (Å²) >= 11 is 1.65. The number of hydrogen-bond donors (Lipinski definition) is 1. The molecular weight excluding hydrogens is 374 g/mol. The van der Waals surface area contributed by atoms with Crippen LogP contribution in [0.3, 0.4) is 0 Å². The standard InChI is InChI=1S/C21H23N3O3S/c1-21(16-7-5-4-6-8-16)19(26)24(20(27)22-21)14-18(25)23(2)13-15-9-11-17(28-3)12-10-15/h4-12H,13-14H2,1-3H3,(H,22,27). The Morgan fingerprint density at radius 3 is 2.36 bits per heavy atom. The molecular formula is C21H23N3O3S. The second kappa shape index (κ2) is 8.06. The zero-order valence-corrected chi connectivity index (χ0v) is 17.0. The summed E-state index contributed by atoms with van der Waals surface area (Å²) in [6.45, 7) is 1.78. The first-order chi connectivity index (χ1) is 13.3. The van der Waals surface area contributed by atoms with Crippen molar-refractivity contribution in [3.63, 3.8) is 0 Å². The van der Waals surface area contributed by atoms with E-state index in [2.05, 4.69) is 5.32 Å². The molecule has 1 fully saturated rings. The number of thioether (sulfide) groups is 1. The van der Waals surface area contributed by atoms with Crippen LogP contribution in [-0.4, -0.2) is 47.5 Å². The molecule has 1 N–H and O–H groups in total. The van der Waals surface area contributed by atoms with Gasteiger partial charge in [0.2, 0.25) is 5.91 Å². The van der Waals surface area contributed by atoms with Crippen LogP contribution in [0.4, 0.5) is 4.79 Å². The molecule has 0 saturated carbocycles. The van der Waals surface area contributed by atoms with Gasteiger partial charge < -0.3 is 10.2 Å². The summed E-state index contributed by atoms with van der Waals surface area (Å²) in [6.07, 6.45) is 2.01. The van der Waals surface area contributed by atoms with Crippen molar-refractivity contribution < 1.29 is 14.4 Å². The summed E-state index contributed by atoms with van der Waals surface area (Å²) in [5.74, 6) is -0.718. The van der Waals surface area contributed by atoms with Crippen LogP contribution in [0.25, 0.3) is 0 Å². The molecule has 146 valence electrons. The fraction of sp³-hybridized carbons (Fsp3) is 0.286. The number of nitrogens with one attached hydrogen (secondary N) is 1. The van der Waals surface area contributed by atoms with E-state index in [0.717, 1.165) is 15.4 Å². The van der Waals surface area contributed by atoms with Gasteiger partial charge in [0.1, 0.15) is 12.1 Å². The number of likely N-dealkylation sites (N-methyl/N-ethyl adjacent to an activating group) is 1. The highest BCUT2D eigenvalue weighted by Gasteiger charge is 2.49. The van der Waals surface area contributed by atoms with E-state index in [0.29, 0.717) is 12.1 Å². The molecule has 0 aromatic heterocycles. The first-order valence-electron chi connectivity index (χ1n) is 8.91. The average Bonchev–Trinajstić information content (AvgIpc) is 2.93. The van der Waals surface area contributed by atoms with E-state index >= 15 is 0 Å². The van der Waals surface area contributed by atoms with E-state index in [1.807, 2.05) is 48.7 Å². The minimum absolute atomic E-state index is 0.285. The van der Waals surface area contributed by atoms with Crippen LogP contribution in [0.15, 0.2) is 59.5 Å². The molecule has 28 heavy (non-hydrogen) atoms. The summed E-state index contributed by atoms with van der Waals surface area (Å²) in [7, 11) is 1.67. The maximum Gasteiger partial charge on any atom is 0.325 e. The molecule has 7 heteroatoms. The smallest absolute Gasteiger partial charge is 0.325 e. The zero-order valence-electron chi connectivity index (χ0n) is 16.1. The van der Waals surface area contributed by atoms with Crippen LogP contribution in [-0.2, 0) is 21.7 Å². The number of amides is 4. The Morgan fingerprint density at radius 1 is 1.11 bits per heavy atom. The molecule has 2 aromatic carbocycles. The highest BCUT2D eigenvalue weighted by atomic mass is 32.2. The van der Waals surface area contributed by atoms with Crippen LogP contribution in [0, 0.1) is 0 Å². The summed E-state index contributed by atoms with van der Waals surface area (Å²) in [5.41, 5.74) is 0.510. The third-order valence-corrected chi connectivity index (χ3v) is 5.67. The maximum absolute atomic E-state index is 12.9. The van der Waals surface area contributed by atoms with E-state index in [9.17, 15) is 14.4 Å². The number of hydrogen-bond acceptors (Lipinski definition) is 4. The fourth-order valence-electron chi connectivity index (χ4n) is 3.16. The molecule has 0 aliphatic carbocycles. The molecule has 4 amide bonds. The topological polar surface area (TPSA) is 69.7 Å². The van der Waals surface area contributed by atoms with E-state index in [1.54, 1.807) is 37.9 Å². The minimum Gasteiger partial charge on any atom is -0.340 e. The van der Waals surface area contributed by atoms with Gasteiger partial charge in [-0.15, -0.1) is 11.8 Å². The lowest BCUT2D eigenvalue weighted by molar-refractivity contribution is -0.138. The third-order valence-electron chi connectivity index (χ3n) is 4.92. The van der Waals surface area contributed by atoms with Crippen molar-refractivity contribution in [2.75, 3.05) is 19.8 Å². The first kappa shape index (κ1) is 19.9. The Hall–Kier alpha value is -2.80. The van der Waals surface area contributed by atoms with Gasteiger partial charge in [-0.05, 0) is 36.4 Å². The Morgan fingerprint density at radius 2 is 1.75 bits per heavy atom. The van der Waals surface area contributed by atoms with E-state index in [-0.39, 0.29) is 12.5 Å². The predicted octanol–water partition coefficient (Wildman–Crippen LogP) is 2.83. The normalized spacial score (nSPS) is 18.9. The van der Waals surface area contributed by atoms with E-state index in [4.69, 9.17) is 0 Å². The number of urea groups is 1. The molecule has 3 rings (SSSR count).